The summed E-state index contributed by atoms with van der Waals surface area (Å²) in [6, 6.07) is 0.0583. The van der Waals surface area contributed by atoms with Gasteiger partial charge in [0.1, 0.15) is 5.60 Å². The third-order valence-electron chi connectivity index (χ3n) is 3.84. The van der Waals surface area contributed by atoms with Gasteiger partial charge in [-0.15, -0.1) is 0 Å². The fourth-order valence-corrected chi connectivity index (χ4v) is 2.73. The van der Waals surface area contributed by atoms with Gasteiger partial charge in [0.25, 0.3) is 0 Å². The molecule has 0 saturated heterocycles. The SMILES string of the molecule is CCOC(=O)C1CCC(C(C)NC(=O)OC(C)(C)C)CC1. The van der Waals surface area contributed by atoms with Crippen LogP contribution in [0, 0.1) is 11.8 Å². The molecule has 122 valence electrons. The van der Waals surface area contributed by atoms with Gasteiger partial charge in [-0.2, -0.15) is 0 Å². The summed E-state index contributed by atoms with van der Waals surface area (Å²) in [5, 5.41) is 2.90. The number of carbonyl (C=O) groups excluding carboxylic acids is 2. The van der Waals surface area contributed by atoms with Crippen molar-refractivity contribution < 1.29 is 19.1 Å². The number of hydrogen-bond donors (Lipinski definition) is 1. The topological polar surface area (TPSA) is 64.6 Å². The lowest BCUT2D eigenvalue weighted by molar-refractivity contribution is -0.149. The number of nitrogens with one attached hydrogen (secondary N) is 1. The van der Waals surface area contributed by atoms with Crippen LogP contribution in [0.3, 0.4) is 0 Å². The van der Waals surface area contributed by atoms with Gasteiger partial charge in [0.05, 0.1) is 12.5 Å². The van der Waals surface area contributed by atoms with Gasteiger partial charge in [0.2, 0.25) is 0 Å². The average molecular weight is 299 g/mol. The molecule has 0 bridgehead atoms. The van der Waals surface area contributed by atoms with Gasteiger partial charge < -0.3 is 14.8 Å². The Kier molecular flexibility index (Phi) is 6.49. The summed E-state index contributed by atoms with van der Waals surface area (Å²) in [6.45, 7) is 9.82. The first kappa shape index (κ1) is 17.8. The van der Waals surface area contributed by atoms with Crippen molar-refractivity contribution in [2.75, 3.05) is 6.61 Å². The molecule has 21 heavy (non-hydrogen) atoms. The lowest BCUT2D eigenvalue weighted by Gasteiger charge is -2.32. The fraction of sp³-hybridized carbons (Fsp3) is 0.875. The van der Waals surface area contributed by atoms with Crippen LogP contribution in [0.2, 0.25) is 0 Å². The molecule has 5 heteroatoms. The first-order valence-corrected chi connectivity index (χ1v) is 7.89. The molecule has 0 aromatic rings. The van der Waals surface area contributed by atoms with Crippen LogP contribution in [0.5, 0.6) is 0 Å². The zero-order valence-electron chi connectivity index (χ0n) is 13.9. The minimum atomic E-state index is -0.481. The van der Waals surface area contributed by atoms with Crippen molar-refractivity contribution in [2.45, 2.75) is 71.9 Å². The van der Waals surface area contributed by atoms with Crippen LogP contribution in [-0.2, 0) is 14.3 Å². The van der Waals surface area contributed by atoms with Gasteiger partial charge in [-0.1, -0.05) is 0 Å². The molecule has 0 spiro atoms. The maximum absolute atomic E-state index is 11.8. The molecule has 1 saturated carbocycles. The number of alkyl carbamates (subject to hydrolysis) is 1. The van der Waals surface area contributed by atoms with Crippen molar-refractivity contribution in [1.29, 1.82) is 0 Å². The standard InChI is InChI=1S/C16H29NO4/c1-6-20-14(18)13-9-7-12(8-10-13)11(2)17-15(19)21-16(3,4)5/h11-13H,6-10H2,1-5H3,(H,17,19). The Labute approximate surface area is 127 Å². The van der Waals surface area contributed by atoms with E-state index in [-0.39, 0.29) is 24.0 Å². The Morgan fingerprint density at radius 3 is 2.24 bits per heavy atom. The third kappa shape index (κ3) is 6.36. The molecule has 0 aliphatic heterocycles. The largest absolute Gasteiger partial charge is 0.466 e. The molecule has 1 unspecified atom stereocenters. The Bertz CT molecular complexity index is 354. The number of amides is 1. The maximum Gasteiger partial charge on any atom is 0.407 e. The molecule has 5 nitrogen and oxygen atoms in total. The zero-order chi connectivity index (χ0) is 16.0. The van der Waals surface area contributed by atoms with Crippen molar-refractivity contribution in [3.63, 3.8) is 0 Å². The minimum Gasteiger partial charge on any atom is -0.466 e. The van der Waals surface area contributed by atoms with E-state index in [1.54, 1.807) is 0 Å². The molecule has 0 aromatic heterocycles. The van der Waals surface area contributed by atoms with Crippen molar-refractivity contribution in [1.82, 2.24) is 5.32 Å². The second-order valence-electron chi connectivity index (χ2n) is 6.80. The summed E-state index contributed by atoms with van der Waals surface area (Å²) >= 11 is 0. The van der Waals surface area contributed by atoms with E-state index in [9.17, 15) is 9.59 Å². The lowest BCUT2D eigenvalue weighted by Crippen LogP contribution is -2.42. The van der Waals surface area contributed by atoms with Gasteiger partial charge in [-0.3, -0.25) is 4.79 Å². The van der Waals surface area contributed by atoms with Gasteiger partial charge in [0, 0.05) is 6.04 Å². The molecule has 1 atom stereocenters. The van der Waals surface area contributed by atoms with Gasteiger partial charge in [-0.25, -0.2) is 4.79 Å². The van der Waals surface area contributed by atoms with Crippen molar-refractivity contribution in [3.8, 4) is 0 Å². The average Bonchev–Trinajstić information content (AvgIpc) is 2.36. The summed E-state index contributed by atoms with van der Waals surface area (Å²) in [5.74, 6) is 0.335. The van der Waals surface area contributed by atoms with Crippen LogP contribution < -0.4 is 5.32 Å². The Morgan fingerprint density at radius 2 is 1.76 bits per heavy atom. The van der Waals surface area contributed by atoms with Crippen LogP contribution >= 0.6 is 0 Å². The molecule has 0 aromatic carbocycles. The zero-order valence-corrected chi connectivity index (χ0v) is 13.9. The van der Waals surface area contributed by atoms with Crippen LogP contribution in [0.25, 0.3) is 0 Å². The monoisotopic (exact) mass is 299 g/mol. The highest BCUT2D eigenvalue weighted by atomic mass is 16.6. The van der Waals surface area contributed by atoms with E-state index < -0.39 is 5.60 Å². The minimum absolute atomic E-state index is 0.0231. The van der Waals surface area contributed by atoms with Crippen LogP contribution in [-0.4, -0.2) is 30.3 Å². The van der Waals surface area contributed by atoms with Crippen molar-refractivity contribution >= 4 is 12.1 Å². The third-order valence-corrected chi connectivity index (χ3v) is 3.84. The summed E-state index contributed by atoms with van der Waals surface area (Å²) < 4.78 is 10.3. The molecule has 1 rings (SSSR count). The summed E-state index contributed by atoms with van der Waals surface area (Å²) in [5.41, 5.74) is -0.481. The predicted molar refractivity (Wildman–Crippen MR) is 80.9 cm³/mol. The number of hydrogen-bond acceptors (Lipinski definition) is 4. The molecule has 0 heterocycles. The van der Waals surface area contributed by atoms with E-state index in [0.717, 1.165) is 25.7 Å². The maximum atomic E-state index is 11.8. The molecule has 1 aliphatic carbocycles. The highest BCUT2D eigenvalue weighted by Gasteiger charge is 2.31. The number of ether oxygens (including phenoxy) is 2. The van der Waals surface area contributed by atoms with E-state index in [0.29, 0.717) is 12.5 Å². The number of rotatable bonds is 4. The summed E-state index contributed by atoms with van der Waals surface area (Å²) in [6.07, 6.45) is 3.16. The molecular weight excluding hydrogens is 270 g/mol. The number of carbonyl (C=O) groups is 2. The molecule has 1 amide bonds. The quantitative estimate of drug-likeness (QED) is 0.809. The normalized spacial score (nSPS) is 24.0. The Balaban J connectivity index is 2.36. The first-order chi connectivity index (χ1) is 9.73. The second kappa shape index (κ2) is 7.66. The van der Waals surface area contributed by atoms with Crippen LogP contribution in [0.15, 0.2) is 0 Å². The van der Waals surface area contributed by atoms with Crippen LogP contribution in [0.4, 0.5) is 4.79 Å². The van der Waals surface area contributed by atoms with E-state index >= 15 is 0 Å². The van der Waals surface area contributed by atoms with E-state index in [4.69, 9.17) is 9.47 Å². The molecular formula is C16H29NO4. The highest BCUT2D eigenvalue weighted by Crippen LogP contribution is 2.31. The van der Waals surface area contributed by atoms with Gasteiger partial charge in [-0.05, 0) is 66.2 Å². The molecule has 0 radical (unpaired) electrons. The van der Waals surface area contributed by atoms with E-state index in [2.05, 4.69) is 5.32 Å². The van der Waals surface area contributed by atoms with Gasteiger partial charge in [0.15, 0.2) is 0 Å². The lowest BCUT2D eigenvalue weighted by atomic mass is 9.79. The molecule has 1 aliphatic rings. The summed E-state index contributed by atoms with van der Waals surface area (Å²) in [7, 11) is 0. The number of esters is 1. The molecule has 1 N–H and O–H groups in total. The van der Waals surface area contributed by atoms with E-state index in [1.807, 2.05) is 34.6 Å². The van der Waals surface area contributed by atoms with Gasteiger partial charge >= 0.3 is 12.1 Å². The van der Waals surface area contributed by atoms with Crippen LogP contribution in [0.1, 0.15) is 60.3 Å². The van der Waals surface area contributed by atoms with E-state index in [1.165, 1.54) is 0 Å². The smallest absolute Gasteiger partial charge is 0.407 e. The Hall–Kier alpha value is -1.26. The summed E-state index contributed by atoms with van der Waals surface area (Å²) in [4.78, 5) is 23.5. The molecule has 1 fully saturated rings. The highest BCUT2D eigenvalue weighted by molar-refractivity contribution is 5.72. The first-order valence-electron chi connectivity index (χ1n) is 7.89. The fourth-order valence-electron chi connectivity index (χ4n) is 2.73. The predicted octanol–water partition coefficient (Wildman–Crippen LogP) is 3.27. The second-order valence-corrected chi connectivity index (χ2v) is 6.80. The Morgan fingerprint density at radius 1 is 1.19 bits per heavy atom. The van der Waals surface area contributed by atoms with Crippen molar-refractivity contribution in [3.05, 3.63) is 0 Å². The van der Waals surface area contributed by atoms with Crippen molar-refractivity contribution in [2.24, 2.45) is 11.8 Å².